The van der Waals surface area contributed by atoms with Gasteiger partial charge < -0.3 is 4.57 Å². The molecule has 1 aromatic carbocycles. The Kier molecular flexibility index (Phi) is 3.50. The van der Waals surface area contributed by atoms with Crippen molar-refractivity contribution in [1.29, 1.82) is 0 Å². The molecule has 0 saturated carbocycles. The van der Waals surface area contributed by atoms with Gasteiger partial charge in [0, 0.05) is 27.3 Å². The third-order valence-electron chi connectivity index (χ3n) is 3.63. The number of imidazole rings is 1. The number of hydrogen-bond donors (Lipinski definition) is 0. The number of hydrogen-bond acceptors (Lipinski definition) is 4. The van der Waals surface area contributed by atoms with Gasteiger partial charge in [0.15, 0.2) is 0 Å². The topological polar surface area (TPSA) is 73.0 Å². The summed E-state index contributed by atoms with van der Waals surface area (Å²) in [5.41, 5.74) is 1.83. The van der Waals surface area contributed by atoms with Crippen molar-refractivity contribution in [3.05, 3.63) is 42.5 Å². The quantitative estimate of drug-likeness (QED) is 0.722. The van der Waals surface area contributed by atoms with Crippen LogP contribution in [0.5, 0.6) is 0 Å². The Morgan fingerprint density at radius 2 is 1.95 bits per heavy atom. The fourth-order valence-electron chi connectivity index (χ4n) is 2.33. The predicted molar refractivity (Wildman–Crippen MR) is 82.6 cm³/mol. The van der Waals surface area contributed by atoms with Crippen molar-refractivity contribution in [3.63, 3.8) is 0 Å². The maximum absolute atomic E-state index is 12.5. The monoisotopic (exact) mass is 319 g/mol. The van der Waals surface area contributed by atoms with Crippen LogP contribution in [0.15, 0.2) is 41.6 Å². The number of nitrogens with zero attached hydrogens (tertiary/aromatic N) is 5. The van der Waals surface area contributed by atoms with Crippen LogP contribution in [0.3, 0.4) is 0 Å². The second-order valence-electron chi connectivity index (χ2n) is 5.19. The van der Waals surface area contributed by atoms with Gasteiger partial charge in [-0.3, -0.25) is 4.68 Å². The van der Waals surface area contributed by atoms with E-state index >= 15 is 0 Å². The fraction of sp³-hybridized carbons (Fsp3) is 0.286. The van der Waals surface area contributed by atoms with Gasteiger partial charge in [-0.15, -0.1) is 0 Å². The summed E-state index contributed by atoms with van der Waals surface area (Å²) in [5.74, 6) is 0.691. The molecule has 7 nitrogen and oxygen atoms in total. The molecule has 3 aromatic rings. The standard InChI is InChI=1S/C14H17N5O2S/c1-17-9-11(8-15-17)22(20,21)18(2)10-14-16-12-6-4-5-7-13(12)19(14)3/h4-9H,10H2,1-3H3. The first-order valence-electron chi connectivity index (χ1n) is 6.75. The minimum Gasteiger partial charge on any atom is -0.330 e. The molecule has 0 fully saturated rings. The Morgan fingerprint density at radius 3 is 2.59 bits per heavy atom. The SMILES string of the molecule is CN(Cc1nc2ccccc2n1C)S(=O)(=O)c1cnn(C)c1. The van der Waals surface area contributed by atoms with Crippen molar-refractivity contribution in [3.8, 4) is 0 Å². The van der Waals surface area contributed by atoms with Crippen molar-refractivity contribution >= 4 is 21.1 Å². The van der Waals surface area contributed by atoms with E-state index in [0.29, 0.717) is 5.82 Å². The van der Waals surface area contributed by atoms with Crippen LogP contribution in [-0.2, 0) is 30.7 Å². The Balaban J connectivity index is 1.93. The molecule has 0 aliphatic heterocycles. The van der Waals surface area contributed by atoms with E-state index in [1.165, 1.54) is 21.4 Å². The first kappa shape index (κ1) is 14.7. The molecule has 0 bridgehead atoms. The number of fused-ring (bicyclic) bond motifs is 1. The average Bonchev–Trinajstić information content (AvgIpc) is 3.05. The molecular formula is C14H17N5O2S. The largest absolute Gasteiger partial charge is 0.330 e. The summed E-state index contributed by atoms with van der Waals surface area (Å²) in [6, 6.07) is 7.72. The van der Waals surface area contributed by atoms with Crippen LogP contribution >= 0.6 is 0 Å². The zero-order valence-electron chi connectivity index (χ0n) is 12.6. The molecule has 0 saturated heterocycles. The van der Waals surface area contributed by atoms with E-state index in [1.54, 1.807) is 14.1 Å². The molecule has 22 heavy (non-hydrogen) atoms. The summed E-state index contributed by atoms with van der Waals surface area (Å²) in [6.07, 6.45) is 2.83. The van der Waals surface area contributed by atoms with Crippen LogP contribution in [0.25, 0.3) is 11.0 Å². The number of aromatic nitrogens is 4. The molecule has 0 atom stereocenters. The summed E-state index contributed by atoms with van der Waals surface area (Å²) in [7, 11) is 1.54. The van der Waals surface area contributed by atoms with Crippen LogP contribution in [-0.4, -0.2) is 39.1 Å². The van der Waals surface area contributed by atoms with E-state index in [0.717, 1.165) is 11.0 Å². The lowest BCUT2D eigenvalue weighted by atomic mass is 10.3. The second-order valence-corrected chi connectivity index (χ2v) is 7.23. The van der Waals surface area contributed by atoms with E-state index in [2.05, 4.69) is 10.1 Å². The number of para-hydroxylation sites is 2. The van der Waals surface area contributed by atoms with Gasteiger partial charge in [-0.05, 0) is 12.1 Å². The van der Waals surface area contributed by atoms with Crippen LogP contribution in [0.2, 0.25) is 0 Å². The van der Waals surface area contributed by atoms with E-state index in [9.17, 15) is 8.42 Å². The summed E-state index contributed by atoms with van der Waals surface area (Å²) in [6.45, 7) is 0.197. The molecule has 0 radical (unpaired) electrons. The minimum atomic E-state index is -3.57. The maximum atomic E-state index is 12.5. The highest BCUT2D eigenvalue weighted by atomic mass is 32.2. The van der Waals surface area contributed by atoms with Gasteiger partial charge in [-0.25, -0.2) is 13.4 Å². The minimum absolute atomic E-state index is 0.177. The number of sulfonamides is 1. The van der Waals surface area contributed by atoms with Crippen molar-refractivity contribution in [2.45, 2.75) is 11.4 Å². The molecule has 8 heteroatoms. The predicted octanol–water partition coefficient (Wildman–Crippen LogP) is 1.13. The lowest BCUT2D eigenvalue weighted by Gasteiger charge is -2.15. The smallest absolute Gasteiger partial charge is 0.246 e. The second kappa shape index (κ2) is 5.22. The van der Waals surface area contributed by atoms with Crippen LogP contribution in [0.1, 0.15) is 5.82 Å². The van der Waals surface area contributed by atoms with Crippen LogP contribution < -0.4 is 0 Å². The fourth-order valence-corrected chi connectivity index (χ4v) is 3.44. The normalized spacial score (nSPS) is 12.4. The van der Waals surface area contributed by atoms with Crippen molar-refractivity contribution < 1.29 is 8.42 Å². The maximum Gasteiger partial charge on any atom is 0.246 e. The number of benzene rings is 1. The van der Waals surface area contributed by atoms with E-state index < -0.39 is 10.0 Å². The molecule has 3 rings (SSSR count). The molecule has 0 aliphatic carbocycles. The molecule has 2 heterocycles. The third kappa shape index (κ3) is 2.40. The Bertz CT molecular complexity index is 926. The summed E-state index contributed by atoms with van der Waals surface area (Å²) in [5, 5.41) is 3.91. The Hall–Kier alpha value is -2.19. The average molecular weight is 319 g/mol. The highest BCUT2D eigenvalue weighted by molar-refractivity contribution is 7.89. The molecule has 2 aromatic heterocycles. The molecule has 0 spiro atoms. The van der Waals surface area contributed by atoms with Gasteiger partial charge in [0.2, 0.25) is 10.0 Å². The zero-order valence-corrected chi connectivity index (χ0v) is 13.4. The van der Waals surface area contributed by atoms with Gasteiger partial charge in [0.25, 0.3) is 0 Å². The zero-order chi connectivity index (χ0) is 15.9. The van der Waals surface area contributed by atoms with Gasteiger partial charge >= 0.3 is 0 Å². The number of aryl methyl sites for hydroxylation is 2. The molecule has 0 N–H and O–H groups in total. The summed E-state index contributed by atoms with van der Waals surface area (Å²) in [4.78, 5) is 4.68. The lowest BCUT2D eigenvalue weighted by molar-refractivity contribution is 0.452. The Labute approximate surface area is 128 Å². The van der Waals surface area contributed by atoms with Crippen LogP contribution in [0, 0.1) is 0 Å². The van der Waals surface area contributed by atoms with E-state index in [-0.39, 0.29) is 11.4 Å². The number of rotatable bonds is 4. The van der Waals surface area contributed by atoms with E-state index in [1.807, 2.05) is 35.9 Å². The Morgan fingerprint density at radius 1 is 1.23 bits per heavy atom. The lowest BCUT2D eigenvalue weighted by Crippen LogP contribution is -2.27. The van der Waals surface area contributed by atoms with Crippen LogP contribution in [0.4, 0.5) is 0 Å². The first-order chi connectivity index (χ1) is 10.4. The van der Waals surface area contributed by atoms with Crippen molar-refractivity contribution in [2.24, 2.45) is 14.1 Å². The summed E-state index contributed by atoms with van der Waals surface area (Å²) < 4.78 is 29.7. The van der Waals surface area contributed by atoms with E-state index in [4.69, 9.17) is 0 Å². The van der Waals surface area contributed by atoms with Gasteiger partial charge in [-0.2, -0.15) is 9.40 Å². The van der Waals surface area contributed by atoms with Gasteiger partial charge in [0.1, 0.15) is 10.7 Å². The molecular weight excluding hydrogens is 302 g/mol. The van der Waals surface area contributed by atoms with Crippen molar-refractivity contribution in [2.75, 3.05) is 7.05 Å². The van der Waals surface area contributed by atoms with Gasteiger partial charge in [-0.1, -0.05) is 12.1 Å². The molecule has 0 amide bonds. The van der Waals surface area contributed by atoms with Crippen molar-refractivity contribution in [1.82, 2.24) is 23.6 Å². The summed E-state index contributed by atoms with van der Waals surface area (Å²) >= 11 is 0. The third-order valence-corrected chi connectivity index (χ3v) is 5.39. The van der Waals surface area contributed by atoms with Gasteiger partial charge in [0.05, 0.1) is 23.8 Å². The highest BCUT2D eigenvalue weighted by Gasteiger charge is 2.24. The molecule has 116 valence electrons. The molecule has 0 aliphatic rings. The first-order valence-corrected chi connectivity index (χ1v) is 8.19. The molecule has 0 unspecified atom stereocenters. The highest BCUT2D eigenvalue weighted by Crippen LogP contribution is 2.18.